The largest absolute Gasteiger partial charge is 0.494 e. The van der Waals surface area contributed by atoms with Gasteiger partial charge in [0.2, 0.25) is 34.1 Å². The molecule has 2 saturated carbocycles. The predicted molar refractivity (Wildman–Crippen MR) is 217 cm³/mol. The molecule has 4 aromatic rings. The SMILES string of the molecule is COc1cnc(O[C@@H]2C[C@@H](C(=O)N[C@]3(C(=O)NS(=O)(=O)C4CC4)C[C@H]3CC(F)F)N(C(=O)C(Nc3nc(-c4ccc(F)c(C(F)(F)F)c4)cs3)C(C)(C)C)C2)c2cc(Cl)ccc12. The highest BCUT2D eigenvalue weighted by atomic mass is 35.5. The van der Waals surface area contributed by atoms with Crippen LogP contribution in [0.4, 0.5) is 31.5 Å². The zero-order valence-electron chi connectivity index (χ0n) is 33.5. The summed E-state index contributed by atoms with van der Waals surface area (Å²) in [5.41, 5.74) is -4.41. The zero-order chi connectivity index (χ0) is 45.1. The maximum atomic E-state index is 14.8. The second-order valence-electron chi connectivity index (χ2n) is 16.6. The number of anilines is 1. The van der Waals surface area contributed by atoms with Crippen LogP contribution in [0.15, 0.2) is 48.0 Å². The maximum Gasteiger partial charge on any atom is 0.419 e. The van der Waals surface area contributed by atoms with Crippen molar-refractivity contribution in [2.75, 3.05) is 19.0 Å². The van der Waals surface area contributed by atoms with Gasteiger partial charge in [0.1, 0.15) is 35.3 Å². The van der Waals surface area contributed by atoms with Crippen molar-refractivity contribution in [3.8, 4) is 22.9 Å². The van der Waals surface area contributed by atoms with Gasteiger partial charge in [-0.25, -0.2) is 31.6 Å². The fourth-order valence-corrected chi connectivity index (χ4v) is 9.85. The summed E-state index contributed by atoms with van der Waals surface area (Å²) >= 11 is 7.28. The van der Waals surface area contributed by atoms with Gasteiger partial charge in [-0.15, -0.1) is 11.3 Å². The third kappa shape index (κ3) is 9.39. The third-order valence-electron chi connectivity index (χ3n) is 11.1. The lowest BCUT2D eigenvalue weighted by Crippen LogP contribution is -2.58. The summed E-state index contributed by atoms with van der Waals surface area (Å²) in [6.45, 7) is 4.89. The highest BCUT2D eigenvalue weighted by Gasteiger charge is 2.63. The normalized spacial score (nSPS) is 22.1. The Hall–Kier alpha value is -4.89. The van der Waals surface area contributed by atoms with Crippen LogP contribution < -0.4 is 24.8 Å². The number of thiazole rings is 1. The smallest absolute Gasteiger partial charge is 0.419 e. The molecule has 334 valence electrons. The number of carbonyl (C=O) groups is 3. The number of hydrogen-bond donors (Lipinski definition) is 3. The van der Waals surface area contributed by atoms with E-state index in [4.69, 9.17) is 21.1 Å². The Bertz CT molecular complexity index is 2520. The molecule has 1 unspecified atom stereocenters. The number of carbonyl (C=O) groups excluding carboxylic acids is 3. The molecule has 3 fully saturated rings. The number of nitrogens with one attached hydrogen (secondary N) is 3. The fraction of sp³-hybridized carbons (Fsp3) is 0.475. The molecule has 3 aliphatic rings. The number of rotatable bonds is 14. The van der Waals surface area contributed by atoms with Gasteiger partial charge in [0, 0.05) is 39.6 Å². The van der Waals surface area contributed by atoms with Crippen molar-refractivity contribution in [2.45, 2.75) is 94.5 Å². The Morgan fingerprint density at radius 1 is 1.08 bits per heavy atom. The topological polar surface area (TPSA) is 169 Å². The number of alkyl halides is 5. The van der Waals surface area contributed by atoms with Crippen molar-refractivity contribution < 1.29 is 58.6 Å². The monoisotopic (exact) mass is 930 g/mol. The van der Waals surface area contributed by atoms with Crippen LogP contribution in [-0.2, 0) is 30.6 Å². The molecule has 0 radical (unpaired) electrons. The number of halogens is 7. The minimum Gasteiger partial charge on any atom is -0.494 e. The molecule has 2 aliphatic carbocycles. The molecule has 5 atom stereocenters. The molecule has 0 spiro atoms. The summed E-state index contributed by atoms with van der Waals surface area (Å²) in [6.07, 6.45) is -8.04. The Balaban J connectivity index is 1.20. The van der Waals surface area contributed by atoms with E-state index in [1.807, 2.05) is 4.72 Å². The van der Waals surface area contributed by atoms with E-state index in [0.717, 1.165) is 17.4 Å². The zero-order valence-corrected chi connectivity index (χ0v) is 35.9. The van der Waals surface area contributed by atoms with Crippen LogP contribution >= 0.6 is 22.9 Å². The van der Waals surface area contributed by atoms with Crippen molar-refractivity contribution in [1.82, 2.24) is 24.9 Å². The molecule has 0 bridgehead atoms. The van der Waals surface area contributed by atoms with Crippen molar-refractivity contribution in [3.63, 3.8) is 0 Å². The van der Waals surface area contributed by atoms with Gasteiger partial charge in [-0.1, -0.05) is 32.4 Å². The molecule has 62 heavy (non-hydrogen) atoms. The molecule has 2 aromatic carbocycles. The lowest BCUT2D eigenvalue weighted by molar-refractivity contribution is -0.141. The quantitative estimate of drug-likeness (QED) is 0.110. The van der Waals surface area contributed by atoms with Crippen LogP contribution in [0.3, 0.4) is 0 Å². The number of nitrogens with zero attached hydrogens (tertiary/aromatic N) is 3. The average molecular weight is 931 g/mol. The van der Waals surface area contributed by atoms with Gasteiger partial charge in [-0.2, -0.15) is 13.2 Å². The number of sulfonamides is 1. The van der Waals surface area contributed by atoms with Crippen molar-refractivity contribution in [3.05, 3.63) is 64.4 Å². The van der Waals surface area contributed by atoms with Crippen molar-refractivity contribution in [2.24, 2.45) is 11.3 Å². The van der Waals surface area contributed by atoms with Gasteiger partial charge in [0.25, 0.3) is 5.91 Å². The molecule has 7 rings (SSSR count). The minimum absolute atomic E-state index is 0.0352. The molecular weight excluding hydrogens is 890 g/mol. The van der Waals surface area contributed by atoms with Gasteiger partial charge < -0.3 is 25.0 Å². The maximum absolute atomic E-state index is 14.8. The Morgan fingerprint density at radius 3 is 2.45 bits per heavy atom. The Morgan fingerprint density at radius 2 is 1.81 bits per heavy atom. The van der Waals surface area contributed by atoms with Crippen molar-refractivity contribution >= 4 is 66.6 Å². The molecule has 1 saturated heterocycles. The number of aromatic nitrogens is 2. The fourth-order valence-electron chi connectivity index (χ4n) is 7.57. The summed E-state index contributed by atoms with van der Waals surface area (Å²) in [7, 11) is -2.69. The number of benzene rings is 2. The van der Waals surface area contributed by atoms with E-state index < -0.39 is 98.5 Å². The number of likely N-dealkylation sites (tertiary alicyclic amines) is 1. The predicted octanol–water partition coefficient (Wildman–Crippen LogP) is 7.19. The van der Waals surface area contributed by atoms with E-state index in [-0.39, 0.29) is 41.7 Å². The van der Waals surface area contributed by atoms with Crippen LogP contribution in [-0.4, -0.2) is 90.1 Å². The van der Waals surface area contributed by atoms with Crippen LogP contribution in [0.25, 0.3) is 22.0 Å². The van der Waals surface area contributed by atoms with Gasteiger partial charge >= 0.3 is 6.18 Å². The van der Waals surface area contributed by atoms with E-state index in [2.05, 4.69) is 20.6 Å². The summed E-state index contributed by atoms with van der Waals surface area (Å²) < 4.78 is 121. The lowest BCUT2D eigenvalue weighted by Gasteiger charge is -2.35. The van der Waals surface area contributed by atoms with E-state index in [9.17, 15) is 49.1 Å². The lowest BCUT2D eigenvalue weighted by atomic mass is 9.85. The first-order valence-corrected chi connectivity index (χ1v) is 22.2. The van der Waals surface area contributed by atoms with E-state index >= 15 is 0 Å². The highest BCUT2D eigenvalue weighted by molar-refractivity contribution is 7.91. The number of hydrogen-bond acceptors (Lipinski definition) is 11. The Labute approximate surface area is 360 Å². The van der Waals surface area contributed by atoms with Crippen LogP contribution in [0.5, 0.6) is 11.6 Å². The Kier molecular flexibility index (Phi) is 12.1. The molecule has 3 N–H and O–H groups in total. The average Bonchev–Trinajstić information content (AvgIpc) is 4.06. The van der Waals surface area contributed by atoms with Crippen LogP contribution in [0, 0.1) is 17.2 Å². The molecule has 1 aliphatic heterocycles. The summed E-state index contributed by atoms with van der Waals surface area (Å²) in [6, 6.07) is 4.78. The van der Waals surface area contributed by atoms with Gasteiger partial charge in [-0.3, -0.25) is 19.1 Å². The van der Waals surface area contributed by atoms with Gasteiger partial charge in [0.05, 0.1) is 36.4 Å². The number of ether oxygens (including phenoxy) is 2. The summed E-state index contributed by atoms with van der Waals surface area (Å²) in [4.78, 5) is 52.9. The van der Waals surface area contributed by atoms with Crippen LogP contribution in [0.2, 0.25) is 5.02 Å². The number of fused-ring (bicyclic) bond motifs is 1. The second kappa shape index (κ2) is 16.7. The molecule has 3 heterocycles. The highest BCUT2D eigenvalue weighted by Crippen LogP contribution is 2.48. The first-order chi connectivity index (χ1) is 29.0. The second-order valence-corrected chi connectivity index (χ2v) is 19.9. The molecular formula is C40H41ClF6N6O7S2. The molecule has 3 amide bonds. The van der Waals surface area contributed by atoms with Crippen molar-refractivity contribution in [1.29, 1.82) is 0 Å². The molecule has 13 nitrogen and oxygen atoms in total. The molecule has 2 aromatic heterocycles. The van der Waals surface area contributed by atoms with E-state index in [1.54, 1.807) is 39.0 Å². The van der Waals surface area contributed by atoms with Gasteiger partial charge in [0.15, 0.2) is 5.13 Å². The third-order valence-corrected chi connectivity index (χ3v) is 13.9. The summed E-state index contributed by atoms with van der Waals surface area (Å²) in [5.74, 6) is -4.85. The number of methoxy groups -OCH3 is 1. The summed E-state index contributed by atoms with van der Waals surface area (Å²) in [5, 5.41) is 7.68. The molecule has 22 heteroatoms. The first kappa shape index (κ1) is 45.1. The van der Waals surface area contributed by atoms with Crippen LogP contribution in [0.1, 0.15) is 58.4 Å². The number of amides is 3. The number of pyridine rings is 1. The van der Waals surface area contributed by atoms with E-state index in [1.165, 1.54) is 23.6 Å². The van der Waals surface area contributed by atoms with Gasteiger partial charge in [-0.05, 0) is 67.0 Å². The minimum atomic E-state index is -4.97. The van der Waals surface area contributed by atoms with E-state index in [0.29, 0.717) is 46.5 Å². The first-order valence-electron chi connectivity index (χ1n) is 19.4. The standard InChI is InChI=1S/C40H41ClF6N6O7S2/c1-38(2,3)32(50-37-49-28(18-61-37)19-5-10-27(42)26(11-19)40(45,46)47)35(55)53-17-22(60-34-25-13-21(41)6-9-24(25)30(59-4)16-48-34)14-29(53)33(54)51-39(15-20(39)12-31(43)44)36(56)52-62(57,58)23-7-8-23/h5-6,9-11,13,16,18,20,22-23,29,31-32H,7-8,12,14-15,17H2,1-4H3,(H,49,50)(H,51,54)(H,52,56)/t20-,22-,29+,32?,39-/m1/s1.